The Balaban J connectivity index is 0. The summed E-state index contributed by atoms with van der Waals surface area (Å²) in [6.07, 6.45) is 18.0. The molecule has 0 aliphatic rings. The molecule has 0 aromatic rings. The van der Waals surface area contributed by atoms with Gasteiger partial charge in [-0.1, -0.05) is 97.3 Å². The van der Waals surface area contributed by atoms with E-state index in [0.29, 0.717) is 25.7 Å². The van der Waals surface area contributed by atoms with Crippen molar-refractivity contribution in [2.24, 2.45) is 0 Å². The molecule has 0 bridgehead atoms. The van der Waals surface area contributed by atoms with Crippen LogP contribution in [0.5, 0.6) is 0 Å². The summed E-state index contributed by atoms with van der Waals surface area (Å²) in [5.74, 6) is 0. The third kappa shape index (κ3) is 20.6. The van der Waals surface area contributed by atoms with Crippen molar-refractivity contribution in [2.75, 3.05) is 0 Å². The van der Waals surface area contributed by atoms with E-state index in [0.717, 1.165) is 19.3 Å². The first kappa shape index (κ1) is 30.7. The molecule has 0 saturated heterocycles. The van der Waals surface area contributed by atoms with Gasteiger partial charge in [0, 0.05) is 5.25 Å². The van der Waals surface area contributed by atoms with Crippen LogP contribution in [0.15, 0.2) is 0 Å². The van der Waals surface area contributed by atoms with Crippen LogP contribution in [0.4, 0.5) is 0 Å². The predicted molar refractivity (Wildman–Crippen MR) is 109 cm³/mol. The van der Waals surface area contributed by atoms with Gasteiger partial charge >= 0.3 is 51.4 Å². The van der Waals surface area contributed by atoms with E-state index in [9.17, 15) is 18.1 Å². The Kier molecular flexibility index (Phi) is 23.6. The largest absolute Gasteiger partial charge is 1.00 e. The number of aliphatic hydroxyl groups is 1. The SMILES string of the molecule is CCCCCCCCCCCCCC(O)CCCCC(CC)S(=O)(=O)[O-].[K+]. The molecule has 0 saturated carbocycles. The second-order valence-corrected chi connectivity index (χ2v) is 9.44. The van der Waals surface area contributed by atoms with Crippen molar-refractivity contribution in [3.8, 4) is 0 Å². The van der Waals surface area contributed by atoms with Gasteiger partial charge in [-0.25, -0.2) is 8.42 Å². The van der Waals surface area contributed by atoms with Gasteiger partial charge in [0.05, 0.1) is 16.2 Å². The Morgan fingerprint density at radius 3 is 1.48 bits per heavy atom. The van der Waals surface area contributed by atoms with Crippen molar-refractivity contribution >= 4 is 10.1 Å². The monoisotopic (exact) mass is 430 g/mol. The van der Waals surface area contributed by atoms with E-state index in [1.807, 2.05) is 0 Å². The summed E-state index contributed by atoms with van der Waals surface area (Å²) in [5.41, 5.74) is 0. The fraction of sp³-hybridized carbons (Fsp3) is 1.00. The van der Waals surface area contributed by atoms with Gasteiger partial charge in [0.2, 0.25) is 0 Å². The summed E-state index contributed by atoms with van der Waals surface area (Å²) < 4.78 is 33.0. The van der Waals surface area contributed by atoms with Crippen LogP contribution in [0.1, 0.15) is 123 Å². The molecular weight excluding hydrogens is 387 g/mol. The van der Waals surface area contributed by atoms with Gasteiger partial charge in [-0.2, -0.15) is 0 Å². The molecule has 0 amide bonds. The average Bonchev–Trinajstić information content (AvgIpc) is 2.58. The van der Waals surface area contributed by atoms with Gasteiger partial charge in [-0.15, -0.1) is 0 Å². The topological polar surface area (TPSA) is 77.4 Å². The number of rotatable bonds is 19. The van der Waals surface area contributed by atoms with Crippen LogP contribution in [0.2, 0.25) is 0 Å². The maximum absolute atomic E-state index is 11.0. The molecule has 0 aliphatic heterocycles. The van der Waals surface area contributed by atoms with Crippen LogP contribution < -0.4 is 51.4 Å². The molecule has 0 spiro atoms. The zero-order valence-electron chi connectivity index (χ0n) is 18.3. The van der Waals surface area contributed by atoms with Crippen molar-refractivity contribution in [3.63, 3.8) is 0 Å². The second kappa shape index (κ2) is 20.8. The van der Waals surface area contributed by atoms with E-state index in [4.69, 9.17) is 0 Å². The third-order valence-electron chi connectivity index (χ3n) is 5.32. The number of hydrogen-bond acceptors (Lipinski definition) is 4. The Bertz CT molecular complexity index is 401. The Hall–Kier alpha value is 1.51. The zero-order valence-corrected chi connectivity index (χ0v) is 22.2. The molecule has 6 heteroatoms. The van der Waals surface area contributed by atoms with Gasteiger partial charge < -0.3 is 9.66 Å². The van der Waals surface area contributed by atoms with E-state index < -0.39 is 15.4 Å². The summed E-state index contributed by atoms with van der Waals surface area (Å²) in [4.78, 5) is 0. The molecule has 0 rings (SSSR count). The minimum Gasteiger partial charge on any atom is -0.748 e. The molecule has 0 aromatic heterocycles. The van der Waals surface area contributed by atoms with Gasteiger partial charge in [-0.3, -0.25) is 0 Å². The molecule has 2 unspecified atom stereocenters. The Morgan fingerprint density at radius 2 is 1.07 bits per heavy atom. The standard InChI is InChI=1S/C21H44O4S.K/c1-3-5-6-7-8-9-10-11-12-13-14-17-20(22)18-15-16-19-21(4-2)26(23,24)25;/h20-22H,3-19H2,1-2H3,(H,23,24,25);/q;+1/p-1. The van der Waals surface area contributed by atoms with Crippen molar-refractivity contribution in [1.82, 2.24) is 0 Å². The molecular formula is C21H43KO4S. The fourth-order valence-corrected chi connectivity index (χ4v) is 4.36. The molecule has 27 heavy (non-hydrogen) atoms. The second-order valence-electron chi connectivity index (χ2n) is 7.79. The number of unbranched alkanes of at least 4 members (excludes halogenated alkanes) is 11. The van der Waals surface area contributed by atoms with Crippen LogP contribution in [0.25, 0.3) is 0 Å². The first-order chi connectivity index (χ1) is 12.4. The van der Waals surface area contributed by atoms with Crippen LogP contribution in [0, 0.1) is 0 Å². The quantitative estimate of drug-likeness (QED) is 0.194. The van der Waals surface area contributed by atoms with Crippen LogP contribution in [0.3, 0.4) is 0 Å². The summed E-state index contributed by atoms with van der Waals surface area (Å²) >= 11 is 0. The van der Waals surface area contributed by atoms with Gasteiger partial charge in [0.25, 0.3) is 0 Å². The molecule has 0 aromatic carbocycles. The number of hydrogen-bond donors (Lipinski definition) is 1. The molecule has 0 aliphatic carbocycles. The zero-order chi connectivity index (χ0) is 19.7. The Labute approximate surface area is 211 Å². The molecule has 158 valence electrons. The summed E-state index contributed by atoms with van der Waals surface area (Å²) in [6.45, 7) is 3.99. The maximum atomic E-state index is 11.0. The van der Waals surface area contributed by atoms with Crippen molar-refractivity contribution in [3.05, 3.63) is 0 Å². The van der Waals surface area contributed by atoms with E-state index in [1.165, 1.54) is 64.2 Å². The maximum Gasteiger partial charge on any atom is 1.00 e. The van der Waals surface area contributed by atoms with Crippen molar-refractivity contribution < 1.29 is 69.5 Å². The molecule has 2 atom stereocenters. The van der Waals surface area contributed by atoms with Crippen molar-refractivity contribution in [2.45, 2.75) is 134 Å². The molecule has 4 nitrogen and oxygen atoms in total. The molecule has 0 fully saturated rings. The average molecular weight is 431 g/mol. The van der Waals surface area contributed by atoms with E-state index in [2.05, 4.69) is 6.92 Å². The first-order valence-corrected chi connectivity index (χ1v) is 12.5. The van der Waals surface area contributed by atoms with Gasteiger partial charge in [0.15, 0.2) is 0 Å². The van der Waals surface area contributed by atoms with Crippen LogP contribution >= 0.6 is 0 Å². The fourth-order valence-electron chi connectivity index (χ4n) is 3.49. The minimum atomic E-state index is -4.16. The molecule has 1 N–H and O–H groups in total. The Morgan fingerprint density at radius 1 is 0.704 bits per heavy atom. The van der Waals surface area contributed by atoms with E-state index in [1.54, 1.807) is 6.92 Å². The van der Waals surface area contributed by atoms with E-state index in [-0.39, 0.29) is 57.5 Å². The number of aliphatic hydroxyl groups excluding tert-OH is 1. The predicted octanol–water partition coefficient (Wildman–Crippen LogP) is 2.94. The first-order valence-electron chi connectivity index (χ1n) is 11.0. The molecule has 0 radical (unpaired) electrons. The van der Waals surface area contributed by atoms with Gasteiger partial charge in [-0.05, 0) is 25.7 Å². The summed E-state index contributed by atoms with van der Waals surface area (Å²) in [6, 6.07) is 0. The molecule has 0 heterocycles. The normalized spacial score (nSPS) is 13.9. The van der Waals surface area contributed by atoms with Gasteiger partial charge in [0.1, 0.15) is 0 Å². The smallest absolute Gasteiger partial charge is 0.748 e. The summed E-state index contributed by atoms with van der Waals surface area (Å²) in [5, 5.41) is 9.24. The summed E-state index contributed by atoms with van der Waals surface area (Å²) in [7, 11) is -4.16. The van der Waals surface area contributed by atoms with Crippen molar-refractivity contribution in [1.29, 1.82) is 0 Å². The minimum absolute atomic E-state index is 0. The van der Waals surface area contributed by atoms with E-state index >= 15 is 0 Å². The van der Waals surface area contributed by atoms with Crippen LogP contribution in [-0.2, 0) is 10.1 Å². The third-order valence-corrected chi connectivity index (χ3v) is 6.70. The van der Waals surface area contributed by atoms with Crippen LogP contribution in [-0.4, -0.2) is 29.4 Å².